The highest BCUT2D eigenvalue weighted by atomic mass is 19.1. The van der Waals surface area contributed by atoms with Crippen molar-refractivity contribution in [1.29, 1.82) is 0 Å². The van der Waals surface area contributed by atoms with Gasteiger partial charge in [0.1, 0.15) is 18.1 Å². The second-order valence-electron chi connectivity index (χ2n) is 7.55. The Morgan fingerprint density at radius 3 is 2.56 bits per heavy atom. The SMILES string of the molecule is Cc1ncc2c(/N=C/C(O)(CF)CC(C)(C)c3ccccc3)cccc2n1. The van der Waals surface area contributed by atoms with E-state index in [9.17, 15) is 9.50 Å². The van der Waals surface area contributed by atoms with E-state index in [-0.39, 0.29) is 6.42 Å². The second-order valence-corrected chi connectivity index (χ2v) is 7.55. The fraction of sp³-hybridized carbons (Fsp3) is 0.318. The lowest BCUT2D eigenvalue weighted by molar-refractivity contribution is 0.0584. The molecule has 0 amide bonds. The van der Waals surface area contributed by atoms with E-state index >= 15 is 0 Å². The number of fused-ring (bicyclic) bond motifs is 1. The minimum Gasteiger partial charge on any atom is -0.381 e. The van der Waals surface area contributed by atoms with Crippen molar-refractivity contribution < 1.29 is 9.50 Å². The Morgan fingerprint density at radius 1 is 1.11 bits per heavy atom. The summed E-state index contributed by atoms with van der Waals surface area (Å²) in [6, 6.07) is 15.3. The molecule has 27 heavy (non-hydrogen) atoms. The molecule has 1 N–H and O–H groups in total. The maximum absolute atomic E-state index is 13.8. The van der Waals surface area contributed by atoms with E-state index in [1.54, 1.807) is 12.3 Å². The second kappa shape index (κ2) is 7.53. The molecule has 2 aromatic carbocycles. The lowest BCUT2D eigenvalue weighted by atomic mass is 9.76. The summed E-state index contributed by atoms with van der Waals surface area (Å²) >= 11 is 0. The molecule has 0 aliphatic rings. The Labute approximate surface area is 158 Å². The van der Waals surface area contributed by atoms with Crippen LogP contribution in [0.2, 0.25) is 0 Å². The summed E-state index contributed by atoms with van der Waals surface area (Å²) in [6.45, 7) is 4.90. The van der Waals surface area contributed by atoms with Crippen molar-refractivity contribution in [3.8, 4) is 0 Å². The summed E-state index contributed by atoms with van der Waals surface area (Å²) in [5.41, 5.74) is 0.349. The van der Waals surface area contributed by atoms with Crippen LogP contribution in [0.25, 0.3) is 10.9 Å². The van der Waals surface area contributed by atoms with Gasteiger partial charge in [0.15, 0.2) is 0 Å². The third kappa shape index (κ3) is 4.37. The molecule has 0 fully saturated rings. The first-order chi connectivity index (χ1) is 12.8. The molecule has 3 rings (SSSR count). The number of nitrogens with zero attached hydrogens (tertiary/aromatic N) is 3. The number of rotatable bonds is 6. The number of hydrogen-bond acceptors (Lipinski definition) is 4. The molecular formula is C22H24FN3O. The minimum absolute atomic E-state index is 0.213. The van der Waals surface area contributed by atoms with Crippen LogP contribution >= 0.6 is 0 Å². The van der Waals surface area contributed by atoms with Crippen molar-refractivity contribution in [1.82, 2.24) is 9.97 Å². The first-order valence-corrected chi connectivity index (χ1v) is 8.94. The van der Waals surface area contributed by atoms with Crippen LogP contribution in [-0.4, -0.2) is 33.6 Å². The van der Waals surface area contributed by atoms with Crippen molar-refractivity contribution in [3.63, 3.8) is 0 Å². The van der Waals surface area contributed by atoms with Gasteiger partial charge in [-0.3, -0.25) is 4.99 Å². The zero-order chi connectivity index (χ0) is 19.5. The van der Waals surface area contributed by atoms with Crippen LogP contribution in [0.15, 0.2) is 59.7 Å². The summed E-state index contributed by atoms with van der Waals surface area (Å²) in [5.74, 6) is 0.675. The molecule has 1 atom stereocenters. The van der Waals surface area contributed by atoms with Crippen LogP contribution in [0, 0.1) is 6.92 Å². The highest BCUT2D eigenvalue weighted by Gasteiger charge is 2.34. The van der Waals surface area contributed by atoms with Gasteiger partial charge in [0, 0.05) is 17.8 Å². The van der Waals surface area contributed by atoms with Crippen LogP contribution < -0.4 is 0 Å². The van der Waals surface area contributed by atoms with Gasteiger partial charge in [-0.2, -0.15) is 0 Å². The van der Waals surface area contributed by atoms with Gasteiger partial charge in [-0.05, 0) is 36.5 Å². The van der Waals surface area contributed by atoms with E-state index in [4.69, 9.17) is 0 Å². The molecule has 1 heterocycles. The fourth-order valence-corrected chi connectivity index (χ4v) is 3.32. The van der Waals surface area contributed by atoms with Crippen molar-refractivity contribution in [2.24, 2.45) is 4.99 Å². The maximum Gasteiger partial charge on any atom is 0.129 e. The van der Waals surface area contributed by atoms with E-state index in [1.165, 1.54) is 6.21 Å². The third-order valence-electron chi connectivity index (χ3n) is 4.70. The molecule has 0 radical (unpaired) electrons. The molecule has 0 aliphatic heterocycles. The average Bonchev–Trinajstić information content (AvgIpc) is 2.66. The largest absolute Gasteiger partial charge is 0.381 e. The molecule has 0 saturated carbocycles. The Balaban J connectivity index is 1.90. The van der Waals surface area contributed by atoms with Gasteiger partial charge >= 0.3 is 0 Å². The summed E-state index contributed by atoms with van der Waals surface area (Å²) in [5, 5.41) is 11.6. The van der Waals surface area contributed by atoms with Gasteiger partial charge in [0.25, 0.3) is 0 Å². The predicted octanol–water partition coefficient (Wildman–Crippen LogP) is 4.71. The number of aliphatic imine (C=N–C) groups is 1. The van der Waals surface area contributed by atoms with Crippen LogP contribution in [0.4, 0.5) is 10.1 Å². The van der Waals surface area contributed by atoms with Gasteiger partial charge < -0.3 is 5.11 Å². The standard InChI is InChI=1S/C22H24FN3O/c1-16-24-12-18-19(10-7-11-20(18)26-16)25-15-22(27,14-23)13-21(2,3)17-8-5-4-6-9-17/h4-12,15,27H,13-14H2,1-3H3/b25-15+. The molecule has 4 nitrogen and oxygen atoms in total. The van der Waals surface area contributed by atoms with Gasteiger partial charge in [-0.1, -0.05) is 50.2 Å². The molecule has 0 spiro atoms. The predicted molar refractivity (Wildman–Crippen MR) is 107 cm³/mol. The molecule has 0 bridgehead atoms. The third-order valence-corrected chi connectivity index (χ3v) is 4.70. The first-order valence-electron chi connectivity index (χ1n) is 8.94. The van der Waals surface area contributed by atoms with E-state index in [1.807, 2.05) is 63.2 Å². The quantitative estimate of drug-likeness (QED) is 0.644. The van der Waals surface area contributed by atoms with Gasteiger partial charge in [0.05, 0.1) is 11.2 Å². The smallest absolute Gasteiger partial charge is 0.129 e. The van der Waals surface area contributed by atoms with Crippen molar-refractivity contribution in [2.75, 3.05) is 6.67 Å². The number of hydrogen-bond donors (Lipinski definition) is 1. The van der Waals surface area contributed by atoms with Gasteiger partial charge in [-0.15, -0.1) is 0 Å². The Morgan fingerprint density at radius 2 is 1.85 bits per heavy atom. The van der Waals surface area contributed by atoms with Crippen molar-refractivity contribution >= 4 is 22.8 Å². The van der Waals surface area contributed by atoms with Crippen LogP contribution in [-0.2, 0) is 5.41 Å². The fourth-order valence-electron chi connectivity index (χ4n) is 3.32. The number of aliphatic hydroxyl groups is 1. The van der Waals surface area contributed by atoms with Gasteiger partial charge in [-0.25, -0.2) is 14.4 Å². The highest BCUT2D eigenvalue weighted by Crippen LogP contribution is 2.33. The summed E-state index contributed by atoms with van der Waals surface area (Å²) in [7, 11) is 0. The average molecular weight is 365 g/mol. The van der Waals surface area contributed by atoms with Crippen LogP contribution in [0.1, 0.15) is 31.7 Å². The molecule has 140 valence electrons. The first kappa shape index (κ1) is 19.1. The molecular weight excluding hydrogens is 341 g/mol. The molecule has 1 unspecified atom stereocenters. The van der Waals surface area contributed by atoms with Crippen molar-refractivity contribution in [3.05, 3.63) is 66.1 Å². The number of benzene rings is 2. The maximum atomic E-state index is 13.8. The Kier molecular flexibility index (Phi) is 5.33. The van der Waals surface area contributed by atoms with E-state index in [0.717, 1.165) is 16.5 Å². The van der Waals surface area contributed by atoms with Crippen LogP contribution in [0.5, 0.6) is 0 Å². The topological polar surface area (TPSA) is 58.4 Å². The molecule has 0 aliphatic carbocycles. The zero-order valence-corrected chi connectivity index (χ0v) is 15.9. The molecule has 5 heteroatoms. The number of alkyl halides is 1. The number of halogens is 1. The lowest BCUT2D eigenvalue weighted by Gasteiger charge is -2.32. The van der Waals surface area contributed by atoms with E-state index in [2.05, 4.69) is 15.0 Å². The van der Waals surface area contributed by atoms with E-state index in [0.29, 0.717) is 11.5 Å². The Hall–Kier alpha value is -2.66. The Bertz CT molecular complexity index is 956. The normalized spacial score (nSPS) is 14.6. The number of aromatic nitrogens is 2. The molecule has 3 aromatic rings. The molecule has 1 aromatic heterocycles. The summed E-state index contributed by atoms with van der Waals surface area (Å²) in [6.07, 6.45) is 3.23. The molecule has 0 saturated heterocycles. The minimum atomic E-state index is -1.66. The van der Waals surface area contributed by atoms with Crippen LogP contribution in [0.3, 0.4) is 0 Å². The lowest BCUT2D eigenvalue weighted by Crippen LogP contribution is -2.40. The summed E-state index contributed by atoms with van der Waals surface area (Å²) < 4.78 is 13.8. The zero-order valence-electron chi connectivity index (χ0n) is 15.9. The van der Waals surface area contributed by atoms with E-state index < -0.39 is 17.7 Å². The number of aryl methyl sites for hydroxylation is 1. The monoisotopic (exact) mass is 365 g/mol. The summed E-state index contributed by atoms with van der Waals surface area (Å²) in [4.78, 5) is 13.0. The highest BCUT2D eigenvalue weighted by molar-refractivity contribution is 5.91. The van der Waals surface area contributed by atoms with Crippen molar-refractivity contribution in [2.45, 2.75) is 38.2 Å². The van der Waals surface area contributed by atoms with Gasteiger partial charge in [0.2, 0.25) is 0 Å².